The van der Waals surface area contributed by atoms with Crippen LogP contribution in [0.25, 0.3) is 11.3 Å². The minimum Gasteiger partial charge on any atom is -0.482 e. The predicted octanol–water partition coefficient (Wildman–Crippen LogP) is 4.53. The molecule has 0 atom stereocenters. The normalized spacial score (nSPS) is 14.2. The van der Waals surface area contributed by atoms with Gasteiger partial charge in [-0.3, -0.25) is 9.79 Å². The van der Waals surface area contributed by atoms with E-state index in [1.165, 1.54) is 23.6 Å². The number of hydrogen-bond acceptors (Lipinski definition) is 5. The van der Waals surface area contributed by atoms with E-state index >= 15 is 0 Å². The summed E-state index contributed by atoms with van der Waals surface area (Å²) < 4.78 is 21.2. The lowest BCUT2D eigenvalue weighted by Crippen LogP contribution is -2.25. The molecule has 0 aliphatic carbocycles. The number of halogens is 2. The minimum atomic E-state index is -0.459. The number of hydrogen-bond donors (Lipinski definition) is 1. The van der Waals surface area contributed by atoms with Crippen molar-refractivity contribution >= 4 is 40.7 Å². The molecule has 2 aromatic carbocycles. The number of ether oxygens (including phenoxy) is 1. The number of aromatic nitrogens is 1. The van der Waals surface area contributed by atoms with Crippen molar-refractivity contribution in [2.45, 2.75) is 19.9 Å². The molecule has 6 nitrogen and oxygen atoms in total. The van der Waals surface area contributed by atoms with Gasteiger partial charge in [0.15, 0.2) is 6.61 Å². The Morgan fingerprint density at radius 2 is 2.17 bits per heavy atom. The van der Waals surface area contributed by atoms with Crippen molar-refractivity contribution in [2.75, 3.05) is 11.9 Å². The average Bonchev–Trinajstić information content (AvgIpc) is 3.09. The molecule has 1 aromatic heterocycles. The SMILES string of the molecule is CC(C)N=c1scc(-c2ccc3c(c2)NC(=O)CO3)n1N=Cc1c(F)cccc1Cl. The maximum absolute atomic E-state index is 14.2. The molecule has 4 rings (SSSR count). The van der Waals surface area contributed by atoms with E-state index in [0.29, 0.717) is 16.2 Å². The van der Waals surface area contributed by atoms with Gasteiger partial charge in [0.05, 0.1) is 22.6 Å². The second kappa shape index (κ2) is 8.41. The molecule has 30 heavy (non-hydrogen) atoms. The molecule has 1 aliphatic rings. The lowest BCUT2D eigenvalue weighted by molar-refractivity contribution is -0.118. The van der Waals surface area contributed by atoms with Gasteiger partial charge in [-0.15, -0.1) is 11.3 Å². The molecule has 154 valence electrons. The quantitative estimate of drug-likeness (QED) is 0.600. The largest absolute Gasteiger partial charge is 0.482 e. The minimum absolute atomic E-state index is 0.00406. The third-order valence-corrected chi connectivity index (χ3v) is 5.42. The van der Waals surface area contributed by atoms with E-state index in [4.69, 9.17) is 16.3 Å². The first kappa shape index (κ1) is 20.3. The highest BCUT2D eigenvalue weighted by atomic mass is 35.5. The smallest absolute Gasteiger partial charge is 0.262 e. The fraction of sp³-hybridized carbons (Fsp3) is 0.190. The molecule has 0 bridgehead atoms. The van der Waals surface area contributed by atoms with Gasteiger partial charge in [0, 0.05) is 22.5 Å². The van der Waals surface area contributed by atoms with Crippen molar-refractivity contribution in [1.29, 1.82) is 0 Å². The fourth-order valence-corrected chi connectivity index (χ4v) is 4.09. The Hall–Kier alpha value is -2.97. The van der Waals surface area contributed by atoms with Crippen LogP contribution in [0.1, 0.15) is 19.4 Å². The highest BCUT2D eigenvalue weighted by Gasteiger charge is 2.18. The molecular formula is C21H18ClFN4O2S. The molecule has 1 amide bonds. The van der Waals surface area contributed by atoms with E-state index in [2.05, 4.69) is 15.4 Å². The molecule has 0 fully saturated rings. The maximum Gasteiger partial charge on any atom is 0.262 e. The van der Waals surface area contributed by atoms with Gasteiger partial charge in [0.25, 0.3) is 5.91 Å². The summed E-state index contributed by atoms with van der Waals surface area (Å²) in [6.07, 6.45) is 1.39. The molecule has 0 radical (unpaired) electrons. The van der Waals surface area contributed by atoms with Crippen molar-refractivity contribution in [2.24, 2.45) is 10.1 Å². The first-order valence-corrected chi connectivity index (χ1v) is 10.5. The van der Waals surface area contributed by atoms with Crippen LogP contribution < -0.4 is 14.9 Å². The van der Waals surface area contributed by atoms with E-state index in [9.17, 15) is 9.18 Å². The highest BCUT2D eigenvalue weighted by molar-refractivity contribution is 7.07. The first-order chi connectivity index (χ1) is 14.4. The van der Waals surface area contributed by atoms with E-state index in [0.717, 1.165) is 11.3 Å². The lowest BCUT2D eigenvalue weighted by Gasteiger charge is -2.18. The van der Waals surface area contributed by atoms with E-state index in [1.54, 1.807) is 22.9 Å². The van der Waals surface area contributed by atoms with Crippen LogP contribution in [0.3, 0.4) is 0 Å². The monoisotopic (exact) mass is 444 g/mol. The third kappa shape index (κ3) is 4.15. The van der Waals surface area contributed by atoms with Crippen molar-refractivity contribution in [3.8, 4) is 17.0 Å². The molecule has 9 heteroatoms. The molecule has 1 aliphatic heterocycles. The Labute approximate surface area is 181 Å². The van der Waals surface area contributed by atoms with Gasteiger partial charge in [-0.25, -0.2) is 9.07 Å². The van der Waals surface area contributed by atoms with Gasteiger partial charge >= 0.3 is 0 Å². The zero-order valence-corrected chi connectivity index (χ0v) is 17.8. The number of nitrogens with one attached hydrogen (secondary N) is 1. The summed E-state index contributed by atoms with van der Waals surface area (Å²) in [5, 5.41) is 9.46. The van der Waals surface area contributed by atoms with Crippen LogP contribution in [0.15, 0.2) is 51.9 Å². The van der Waals surface area contributed by atoms with Gasteiger partial charge in [0.1, 0.15) is 11.6 Å². The number of amides is 1. The van der Waals surface area contributed by atoms with Crippen LogP contribution in [-0.2, 0) is 4.79 Å². The maximum atomic E-state index is 14.2. The highest BCUT2D eigenvalue weighted by Crippen LogP contribution is 2.33. The van der Waals surface area contributed by atoms with Crippen molar-refractivity contribution < 1.29 is 13.9 Å². The predicted molar refractivity (Wildman–Crippen MR) is 117 cm³/mol. The Kier molecular flexibility index (Phi) is 5.69. The van der Waals surface area contributed by atoms with Gasteiger partial charge < -0.3 is 10.1 Å². The number of carbonyl (C=O) groups is 1. The van der Waals surface area contributed by atoms with Gasteiger partial charge in [-0.2, -0.15) is 5.10 Å². The van der Waals surface area contributed by atoms with Crippen LogP contribution in [0.2, 0.25) is 5.02 Å². The number of fused-ring (bicyclic) bond motifs is 1. The molecule has 0 saturated heterocycles. The second-order valence-corrected chi connectivity index (χ2v) is 8.11. The second-order valence-electron chi connectivity index (χ2n) is 6.87. The molecular weight excluding hydrogens is 427 g/mol. The summed E-state index contributed by atoms with van der Waals surface area (Å²) in [5.41, 5.74) is 2.33. The van der Waals surface area contributed by atoms with Gasteiger partial charge in [0.2, 0.25) is 4.80 Å². The standard InChI is InChI=1S/C21H18ClFN4O2S/c1-12(2)25-21-27(24-9-14-15(22)4-3-5-16(14)23)18(11-30-21)13-6-7-19-17(8-13)26-20(28)10-29-19/h3-9,11-12H,10H2,1-2H3,(H,26,28). The summed E-state index contributed by atoms with van der Waals surface area (Å²) in [7, 11) is 0. The number of benzene rings is 2. The summed E-state index contributed by atoms with van der Waals surface area (Å²) in [6.45, 7) is 3.93. The van der Waals surface area contributed by atoms with Crippen LogP contribution in [0.4, 0.5) is 10.1 Å². The molecule has 2 heterocycles. The Morgan fingerprint density at radius 3 is 2.93 bits per heavy atom. The number of thiazole rings is 1. The van der Waals surface area contributed by atoms with E-state index in [-0.39, 0.29) is 29.1 Å². The summed E-state index contributed by atoms with van der Waals surface area (Å²) >= 11 is 7.55. The third-order valence-electron chi connectivity index (χ3n) is 4.26. The topological polar surface area (TPSA) is 68.0 Å². The number of anilines is 1. The average molecular weight is 445 g/mol. The fourth-order valence-electron chi connectivity index (χ4n) is 2.91. The zero-order chi connectivity index (χ0) is 21.3. The number of rotatable bonds is 4. The molecule has 0 unspecified atom stereocenters. The molecule has 3 aromatic rings. The summed E-state index contributed by atoms with van der Waals surface area (Å²) in [6, 6.07) is 10.0. The van der Waals surface area contributed by atoms with Gasteiger partial charge in [-0.1, -0.05) is 17.7 Å². The van der Waals surface area contributed by atoms with Crippen LogP contribution >= 0.6 is 22.9 Å². The molecule has 0 saturated carbocycles. The van der Waals surface area contributed by atoms with Crippen LogP contribution in [0.5, 0.6) is 5.75 Å². The molecule has 0 spiro atoms. The zero-order valence-electron chi connectivity index (χ0n) is 16.2. The lowest BCUT2D eigenvalue weighted by atomic mass is 10.1. The Bertz CT molecular complexity index is 1200. The molecule has 1 N–H and O–H groups in total. The van der Waals surface area contributed by atoms with Crippen molar-refractivity contribution in [3.63, 3.8) is 0 Å². The Morgan fingerprint density at radius 1 is 1.33 bits per heavy atom. The first-order valence-electron chi connectivity index (χ1n) is 9.22. The van der Waals surface area contributed by atoms with Crippen molar-refractivity contribution in [3.05, 3.63) is 63.0 Å². The van der Waals surface area contributed by atoms with Crippen LogP contribution in [-0.4, -0.2) is 29.4 Å². The van der Waals surface area contributed by atoms with Gasteiger partial charge in [-0.05, 0) is 44.2 Å². The summed E-state index contributed by atoms with van der Waals surface area (Å²) in [4.78, 5) is 16.9. The van der Waals surface area contributed by atoms with E-state index < -0.39 is 5.82 Å². The van der Waals surface area contributed by atoms with Crippen LogP contribution in [0, 0.1) is 5.82 Å². The number of carbonyl (C=O) groups excluding carboxylic acids is 1. The van der Waals surface area contributed by atoms with Crippen molar-refractivity contribution in [1.82, 2.24) is 4.68 Å². The summed E-state index contributed by atoms with van der Waals surface area (Å²) in [5.74, 6) is -0.0611. The Balaban J connectivity index is 1.82. The van der Waals surface area contributed by atoms with E-state index in [1.807, 2.05) is 31.4 Å². The number of nitrogens with zero attached hydrogens (tertiary/aromatic N) is 3.